The van der Waals surface area contributed by atoms with Crippen LogP contribution < -0.4 is 16.0 Å². The Morgan fingerprint density at radius 3 is 2.56 bits per heavy atom. The van der Waals surface area contributed by atoms with Gasteiger partial charge in [0.25, 0.3) is 0 Å². The molecular weight excluding hydrogens is 457 g/mol. The van der Waals surface area contributed by atoms with Crippen LogP contribution in [0.2, 0.25) is 0 Å². The first-order valence-electron chi connectivity index (χ1n) is 9.89. The summed E-state index contributed by atoms with van der Waals surface area (Å²) >= 11 is 0. The lowest BCUT2D eigenvalue weighted by atomic mass is 10.1. The zero-order valence-electron chi connectivity index (χ0n) is 17.9. The minimum Gasteiger partial charge on any atom is -0.444 e. The Hall–Kier alpha value is -0.770. The monoisotopic (exact) mass is 497 g/mol. The van der Waals surface area contributed by atoms with Crippen molar-refractivity contribution in [1.82, 2.24) is 20.9 Å². The summed E-state index contributed by atoms with van der Waals surface area (Å²) in [5, 5.41) is 9.74. The number of unbranched alkanes of at least 4 members (excludes halogenated alkanes) is 1. The zero-order chi connectivity index (χ0) is 19.6. The third-order valence-corrected chi connectivity index (χ3v) is 4.54. The van der Waals surface area contributed by atoms with Crippen LogP contribution in [-0.2, 0) is 4.74 Å². The van der Waals surface area contributed by atoms with Crippen LogP contribution >= 0.6 is 24.0 Å². The molecule has 1 aliphatic heterocycles. The molecule has 1 amide bonds. The molecule has 1 heterocycles. The van der Waals surface area contributed by atoms with E-state index in [1.807, 2.05) is 20.8 Å². The van der Waals surface area contributed by atoms with E-state index in [0.29, 0.717) is 12.6 Å². The van der Waals surface area contributed by atoms with Gasteiger partial charge in [0.2, 0.25) is 0 Å². The molecule has 8 heteroatoms. The fourth-order valence-corrected chi connectivity index (χ4v) is 3.04. The summed E-state index contributed by atoms with van der Waals surface area (Å²) in [5.74, 6) is 0.789. The Balaban J connectivity index is 0.00000676. The lowest BCUT2D eigenvalue weighted by Gasteiger charge is -2.25. The normalized spacial score (nSPS) is 19.2. The molecule has 0 aromatic carbocycles. The number of hydrogen-bond acceptors (Lipinski definition) is 4. The van der Waals surface area contributed by atoms with Crippen molar-refractivity contribution in [3.63, 3.8) is 0 Å². The van der Waals surface area contributed by atoms with E-state index < -0.39 is 5.60 Å². The summed E-state index contributed by atoms with van der Waals surface area (Å²) < 4.78 is 5.32. The molecule has 7 nitrogen and oxygen atoms in total. The van der Waals surface area contributed by atoms with Crippen LogP contribution in [-0.4, -0.2) is 68.4 Å². The van der Waals surface area contributed by atoms with Crippen molar-refractivity contribution in [2.24, 2.45) is 4.99 Å². The maximum atomic E-state index is 11.9. The van der Waals surface area contributed by atoms with Crippen molar-refractivity contribution in [3.8, 4) is 0 Å². The van der Waals surface area contributed by atoms with Crippen molar-refractivity contribution in [2.75, 3.05) is 33.7 Å². The molecule has 2 atom stereocenters. The number of carbonyl (C=O) groups excluding carboxylic acids is 1. The summed E-state index contributed by atoms with van der Waals surface area (Å²) in [5.41, 5.74) is -0.485. The fraction of sp³-hybridized carbons (Fsp3) is 0.895. The van der Waals surface area contributed by atoms with Crippen LogP contribution in [0.25, 0.3) is 0 Å². The number of likely N-dealkylation sites (N-methyl/N-ethyl adjacent to an activating group) is 1. The number of guanidine groups is 1. The second-order valence-corrected chi connectivity index (χ2v) is 8.10. The summed E-state index contributed by atoms with van der Waals surface area (Å²) in [6.45, 7) is 10.3. The SMILES string of the molecule is CCCCC(CNC(=O)OC(C)(C)C)NC(=NC)NCC1CCCN1C.I. The average molecular weight is 497 g/mol. The molecule has 0 aromatic rings. The van der Waals surface area contributed by atoms with E-state index >= 15 is 0 Å². The second kappa shape index (κ2) is 13.4. The highest BCUT2D eigenvalue weighted by Crippen LogP contribution is 2.13. The Morgan fingerprint density at radius 1 is 1.33 bits per heavy atom. The molecule has 0 saturated carbocycles. The van der Waals surface area contributed by atoms with E-state index in [2.05, 4.69) is 39.8 Å². The highest BCUT2D eigenvalue weighted by atomic mass is 127. The van der Waals surface area contributed by atoms with Crippen molar-refractivity contribution in [1.29, 1.82) is 0 Å². The van der Waals surface area contributed by atoms with Gasteiger partial charge in [0.15, 0.2) is 5.96 Å². The lowest BCUT2D eigenvalue weighted by molar-refractivity contribution is 0.0523. The number of alkyl carbamates (subject to hydrolysis) is 1. The number of rotatable bonds is 8. The number of likely N-dealkylation sites (tertiary alicyclic amines) is 1. The number of nitrogens with one attached hydrogen (secondary N) is 3. The number of aliphatic imine (C=N–C) groups is 1. The van der Waals surface area contributed by atoms with Gasteiger partial charge in [0.1, 0.15) is 5.60 Å². The van der Waals surface area contributed by atoms with E-state index in [9.17, 15) is 4.79 Å². The van der Waals surface area contributed by atoms with Crippen LogP contribution in [0.5, 0.6) is 0 Å². The predicted molar refractivity (Wildman–Crippen MR) is 123 cm³/mol. The van der Waals surface area contributed by atoms with Crippen molar-refractivity contribution in [2.45, 2.75) is 77.5 Å². The van der Waals surface area contributed by atoms with Crippen LogP contribution in [0.1, 0.15) is 59.8 Å². The largest absolute Gasteiger partial charge is 0.444 e. The highest BCUT2D eigenvalue weighted by molar-refractivity contribution is 14.0. The van der Waals surface area contributed by atoms with E-state index in [-0.39, 0.29) is 36.1 Å². The summed E-state index contributed by atoms with van der Waals surface area (Å²) in [7, 11) is 3.95. The van der Waals surface area contributed by atoms with Crippen LogP contribution in [0.15, 0.2) is 4.99 Å². The van der Waals surface area contributed by atoms with Crippen molar-refractivity contribution in [3.05, 3.63) is 0 Å². The van der Waals surface area contributed by atoms with Gasteiger partial charge in [-0.1, -0.05) is 19.8 Å². The maximum absolute atomic E-state index is 11.9. The third kappa shape index (κ3) is 11.6. The topological polar surface area (TPSA) is 78.0 Å². The molecule has 1 fully saturated rings. The summed E-state index contributed by atoms with van der Waals surface area (Å²) in [4.78, 5) is 18.6. The number of halogens is 1. The van der Waals surface area contributed by atoms with Crippen LogP contribution in [0.3, 0.4) is 0 Å². The summed E-state index contributed by atoms with van der Waals surface area (Å²) in [6.07, 6.45) is 5.28. The molecule has 0 bridgehead atoms. The van der Waals surface area contributed by atoms with Gasteiger partial charge in [0, 0.05) is 32.2 Å². The number of nitrogens with zero attached hydrogens (tertiary/aromatic N) is 2. The number of carbonyl (C=O) groups is 1. The minimum absolute atomic E-state index is 0. The Labute approximate surface area is 182 Å². The quantitative estimate of drug-likeness (QED) is 0.273. The van der Waals surface area contributed by atoms with Gasteiger partial charge in [-0.2, -0.15) is 0 Å². The smallest absolute Gasteiger partial charge is 0.407 e. The Kier molecular flexibility index (Phi) is 13.0. The minimum atomic E-state index is -0.485. The van der Waals surface area contributed by atoms with Crippen LogP contribution in [0.4, 0.5) is 4.79 Å². The molecule has 0 aliphatic carbocycles. The molecular formula is C19H40IN5O2. The number of amides is 1. The van der Waals surface area contributed by atoms with Gasteiger partial charge in [-0.25, -0.2) is 4.79 Å². The molecule has 1 rings (SSSR count). The lowest BCUT2D eigenvalue weighted by Crippen LogP contribution is -2.50. The fourth-order valence-electron chi connectivity index (χ4n) is 3.04. The third-order valence-electron chi connectivity index (χ3n) is 4.54. The van der Waals surface area contributed by atoms with E-state index in [1.54, 1.807) is 7.05 Å². The van der Waals surface area contributed by atoms with E-state index in [4.69, 9.17) is 4.74 Å². The van der Waals surface area contributed by atoms with Crippen molar-refractivity contribution >= 4 is 36.0 Å². The zero-order valence-corrected chi connectivity index (χ0v) is 20.3. The molecule has 0 spiro atoms. The molecule has 1 aliphatic rings. The molecule has 27 heavy (non-hydrogen) atoms. The first-order valence-corrected chi connectivity index (χ1v) is 9.89. The molecule has 0 radical (unpaired) electrons. The van der Waals surface area contributed by atoms with Gasteiger partial charge in [-0.15, -0.1) is 24.0 Å². The average Bonchev–Trinajstić information content (AvgIpc) is 2.96. The first-order chi connectivity index (χ1) is 12.2. The second-order valence-electron chi connectivity index (χ2n) is 8.10. The number of hydrogen-bond donors (Lipinski definition) is 3. The predicted octanol–water partition coefficient (Wildman–Crippen LogP) is 2.95. The molecule has 160 valence electrons. The van der Waals surface area contributed by atoms with E-state index in [1.165, 1.54) is 12.8 Å². The first kappa shape index (κ1) is 26.2. The molecule has 1 saturated heterocycles. The van der Waals surface area contributed by atoms with Gasteiger partial charge in [-0.05, 0) is 53.6 Å². The molecule has 0 aromatic heterocycles. The van der Waals surface area contributed by atoms with Crippen molar-refractivity contribution < 1.29 is 9.53 Å². The highest BCUT2D eigenvalue weighted by Gasteiger charge is 2.21. The van der Waals surface area contributed by atoms with Gasteiger partial charge < -0.3 is 25.6 Å². The Morgan fingerprint density at radius 2 is 2.04 bits per heavy atom. The van der Waals surface area contributed by atoms with Crippen LogP contribution in [0, 0.1) is 0 Å². The van der Waals surface area contributed by atoms with E-state index in [0.717, 1.165) is 38.3 Å². The maximum Gasteiger partial charge on any atom is 0.407 e. The molecule has 3 N–H and O–H groups in total. The summed E-state index contributed by atoms with van der Waals surface area (Å²) in [6, 6.07) is 0.678. The molecule has 2 unspecified atom stereocenters. The van der Waals surface area contributed by atoms with Gasteiger partial charge in [0.05, 0.1) is 0 Å². The number of ether oxygens (including phenoxy) is 1. The van der Waals surface area contributed by atoms with Gasteiger partial charge >= 0.3 is 6.09 Å². The Bertz CT molecular complexity index is 454. The standard InChI is InChI=1S/C19H39N5O2.HI/c1-7-8-10-15(13-22-18(25)26-19(2,3)4)23-17(20-5)21-14-16-11-9-12-24(16)6;/h15-16H,7-14H2,1-6H3,(H,22,25)(H2,20,21,23);1H. The van der Waals surface area contributed by atoms with Gasteiger partial charge in [-0.3, -0.25) is 4.99 Å².